The lowest BCUT2D eigenvalue weighted by Crippen LogP contribution is -2.43. The SMILES string of the molecule is CN([C@H](Cc1ccccc1F)C(=O)O)S(=O)(=O)c1ccc(Cl)cc1. The lowest BCUT2D eigenvalue weighted by atomic mass is 10.1. The van der Waals surface area contributed by atoms with Gasteiger partial charge in [-0.3, -0.25) is 4.79 Å². The number of sulfonamides is 1. The quantitative estimate of drug-likeness (QED) is 0.847. The third-order valence-electron chi connectivity index (χ3n) is 3.59. The summed E-state index contributed by atoms with van der Waals surface area (Å²) in [5.41, 5.74) is 0.128. The topological polar surface area (TPSA) is 74.7 Å². The van der Waals surface area contributed by atoms with Gasteiger partial charge >= 0.3 is 5.97 Å². The molecular formula is C16H15ClFNO4S. The number of benzene rings is 2. The van der Waals surface area contributed by atoms with Crippen LogP contribution < -0.4 is 0 Å². The van der Waals surface area contributed by atoms with Gasteiger partial charge in [-0.25, -0.2) is 12.8 Å². The minimum atomic E-state index is -4.06. The molecule has 0 saturated heterocycles. The highest BCUT2D eigenvalue weighted by molar-refractivity contribution is 7.89. The first kappa shape index (κ1) is 18.4. The molecule has 5 nitrogen and oxygen atoms in total. The monoisotopic (exact) mass is 371 g/mol. The van der Waals surface area contributed by atoms with E-state index in [1.807, 2.05) is 0 Å². The van der Waals surface area contributed by atoms with Crippen LogP contribution in [0, 0.1) is 5.82 Å². The third-order valence-corrected chi connectivity index (χ3v) is 5.72. The minimum absolute atomic E-state index is 0.0887. The number of aliphatic carboxylic acids is 1. The van der Waals surface area contributed by atoms with Gasteiger partial charge in [-0.1, -0.05) is 29.8 Å². The van der Waals surface area contributed by atoms with Crippen LogP contribution in [0.3, 0.4) is 0 Å². The van der Waals surface area contributed by atoms with E-state index in [9.17, 15) is 22.7 Å². The highest BCUT2D eigenvalue weighted by Gasteiger charge is 2.33. The van der Waals surface area contributed by atoms with Gasteiger partial charge < -0.3 is 5.11 Å². The molecule has 0 spiro atoms. The van der Waals surface area contributed by atoms with Crippen molar-refractivity contribution in [1.82, 2.24) is 4.31 Å². The number of carbonyl (C=O) groups is 1. The van der Waals surface area contributed by atoms with Crippen LogP contribution in [-0.2, 0) is 21.2 Å². The molecule has 0 aliphatic carbocycles. The number of hydrogen-bond donors (Lipinski definition) is 1. The summed E-state index contributed by atoms with van der Waals surface area (Å²) in [5.74, 6) is -1.95. The molecule has 0 unspecified atom stereocenters. The van der Waals surface area contributed by atoms with Crippen molar-refractivity contribution < 1.29 is 22.7 Å². The Morgan fingerprint density at radius 2 is 1.79 bits per heavy atom. The highest BCUT2D eigenvalue weighted by atomic mass is 35.5. The van der Waals surface area contributed by atoms with Crippen LogP contribution in [0.4, 0.5) is 4.39 Å². The van der Waals surface area contributed by atoms with Gasteiger partial charge in [0.15, 0.2) is 0 Å². The van der Waals surface area contributed by atoms with Gasteiger partial charge in [-0.2, -0.15) is 4.31 Å². The molecule has 2 rings (SSSR count). The number of carboxylic acid groups (broad SMARTS) is 1. The number of nitrogens with zero attached hydrogens (tertiary/aromatic N) is 1. The van der Waals surface area contributed by atoms with Crippen molar-refractivity contribution in [3.05, 3.63) is 64.9 Å². The van der Waals surface area contributed by atoms with Crippen molar-refractivity contribution in [3.63, 3.8) is 0 Å². The predicted molar refractivity (Wildman–Crippen MR) is 87.9 cm³/mol. The van der Waals surface area contributed by atoms with Gasteiger partial charge in [0.1, 0.15) is 11.9 Å². The van der Waals surface area contributed by atoms with Crippen molar-refractivity contribution in [3.8, 4) is 0 Å². The first-order chi connectivity index (χ1) is 11.2. The maximum absolute atomic E-state index is 13.8. The van der Waals surface area contributed by atoms with Crippen LogP contribution in [0.1, 0.15) is 5.56 Å². The van der Waals surface area contributed by atoms with E-state index in [0.29, 0.717) is 5.02 Å². The van der Waals surface area contributed by atoms with Crippen molar-refractivity contribution in [2.24, 2.45) is 0 Å². The van der Waals surface area contributed by atoms with E-state index >= 15 is 0 Å². The van der Waals surface area contributed by atoms with Crippen molar-refractivity contribution in [2.45, 2.75) is 17.4 Å². The highest BCUT2D eigenvalue weighted by Crippen LogP contribution is 2.21. The predicted octanol–water partition coefficient (Wildman–Crippen LogP) is 2.80. The molecule has 8 heteroatoms. The zero-order valence-electron chi connectivity index (χ0n) is 12.7. The van der Waals surface area contributed by atoms with Gasteiger partial charge in [-0.15, -0.1) is 0 Å². The molecule has 128 valence electrons. The average Bonchev–Trinajstić information content (AvgIpc) is 2.53. The largest absolute Gasteiger partial charge is 0.480 e. The molecule has 0 fully saturated rings. The van der Waals surface area contributed by atoms with E-state index in [0.717, 1.165) is 11.4 Å². The molecule has 0 aliphatic heterocycles. The molecule has 0 heterocycles. The third kappa shape index (κ3) is 3.92. The van der Waals surface area contributed by atoms with Crippen LogP contribution in [0.2, 0.25) is 5.02 Å². The number of likely N-dealkylation sites (N-methyl/N-ethyl adjacent to an activating group) is 1. The average molecular weight is 372 g/mol. The van der Waals surface area contributed by atoms with Gasteiger partial charge in [-0.05, 0) is 35.9 Å². The second-order valence-corrected chi connectivity index (χ2v) is 7.56. The van der Waals surface area contributed by atoms with Crippen LogP contribution in [0.25, 0.3) is 0 Å². The fraction of sp³-hybridized carbons (Fsp3) is 0.188. The Balaban J connectivity index is 2.35. The molecule has 0 amide bonds. The van der Waals surface area contributed by atoms with Crippen LogP contribution >= 0.6 is 11.6 Å². The summed E-state index contributed by atoms with van der Waals surface area (Å²) in [5, 5.41) is 9.76. The molecule has 2 aromatic rings. The van der Waals surface area contributed by atoms with Crippen molar-refractivity contribution in [2.75, 3.05) is 7.05 Å². The normalized spacial score (nSPS) is 13.0. The Hall–Kier alpha value is -1.96. The first-order valence-corrected chi connectivity index (χ1v) is 8.75. The first-order valence-electron chi connectivity index (χ1n) is 6.93. The Morgan fingerprint density at radius 1 is 1.21 bits per heavy atom. The molecular weight excluding hydrogens is 357 g/mol. The fourth-order valence-electron chi connectivity index (χ4n) is 2.18. The molecule has 0 radical (unpaired) electrons. The lowest BCUT2D eigenvalue weighted by Gasteiger charge is -2.24. The number of hydrogen-bond acceptors (Lipinski definition) is 3. The van der Waals surface area contributed by atoms with E-state index in [-0.39, 0.29) is 16.9 Å². The summed E-state index contributed by atoms with van der Waals surface area (Å²) < 4.78 is 39.7. The maximum Gasteiger partial charge on any atom is 0.322 e. The lowest BCUT2D eigenvalue weighted by molar-refractivity contribution is -0.141. The van der Waals surface area contributed by atoms with Gasteiger partial charge in [0, 0.05) is 18.5 Å². The standard InChI is InChI=1S/C16H15ClFNO4S/c1-19(24(22,23)13-8-6-12(17)7-9-13)15(16(20)21)10-11-4-2-3-5-14(11)18/h2-9,15H,10H2,1H3,(H,20,21)/t15-/m1/s1. The van der Waals surface area contributed by atoms with E-state index in [2.05, 4.69) is 0 Å². The summed E-state index contributed by atoms with van der Waals surface area (Å²) in [6.45, 7) is 0. The summed E-state index contributed by atoms with van der Waals surface area (Å²) in [6.07, 6.45) is -0.286. The van der Waals surface area contributed by atoms with E-state index in [1.54, 1.807) is 6.07 Å². The Bertz CT molecular complexity index is 839. The van der Waals surface area contributed by atoms with E-state index < -0.39 is 27.9 Å². The molecule has 0 saturated carbocycles. The van der Waals surface area contributed by atoms with Crippen LogP contribution in [0.15, 0.2) is 53.4 Å². The van der Waals surface area contributed by atoms with Crippen LogP contribution in [0.5, 0.6) is 0 Å². The summed E-state index contributed by atoms with van der Waals surface area (Å²) in [6, 6.07) is 9.59. The Morgan fingerprint density at radius 3 is 2.33 bits per heavy atom. The van der Waals surface area contributed by atoms with Crippen molar-refractivity contribution >= 4 is 27.6 Å². The van der Waals surface area contributed by atoms with Crippen LogP contribution in [-0.4, -0.2) is 36.9 Å². The molecule has 24 heavy (non-hydrogen) atoms. The van der Waals surface area contributed by atoms with Gasteiger partial charge in [0.05, 0.1) is 4.90 Å². The van der Waals surface area contributed by atoms with E-state index in [1.165, 1.54) is 42.5 Å². The minimum Gasteiger partial charge on any atom is -0.480 e. The molecule has 0 bridgehead atoms. The molecule has 1 atom stereocenters. The summed E-state index contributed by atoms with van der Waals surface area (Å²) >= 11 is 5.73. The van der Waals surface area contributed by atoms with Gasteiger partial charge in [0.25, 0.3) is 0 Å². The Kier molecular flexibility index (Phi) is 5.58. The second kappa shape index (κ2) is 7.29. The molecule has 0 aromatic heterocycles. The fourth-order valence-corrected chi connectivity index (χ4v) is 3.62. The van der Waals surface area contributed by atoms with Crippen molar-refractivity contribution in [1.29, 1.82) is 0 Å². The summed E-state index contributed by atoms with van der Waals surface area (Å²) in [7, 11) is -2.91. The smallest absolute Gasteiger partial charge is 0.322 e. The zero-order chi connectivity index (χ0) is 17.9. The molecule has 2 aromatic carbocycles. The zero-order valence-corrected chi connectivity index (χ0v) is 14.3. The van der Waals surface area contributed by atoms with E-state index in [4.69, 9.17) is 11.6 Å². The second-order valence-electron chi connectivity index (χ2n) is 5.12. The number of rotatable bonds is 6. The molecule has 0 aliphatic rings. The number of halogens is 2. The number of carboxylic acids is 1. The van der Waals surface area contributed by atoms with Gasteiger partial charge in [0.2, 0.25) is 10.0 Å². The Labute approximate surface area is 144 Å². The summed E-state index contributed by atoms with van der Waals surface area (Å²) in [4.78, 5) is 11.5. The maximum atomic E-state index is 13.8. The molecule has 1 N–H and O–H groups in total.